The van der Waals surface area contributed by atoms with Crippen molar-refractivity contribution in [1.29, 1.82) is 0 Å². The molecule has 2 aromatic rings. The van der Waals surface area contributed by atoms with Gasteiger partial charge in [0.15, 0.2) is 0 Å². The number of unbranched alkanes of at least 4 members (excludes halogenated alkanes) is 1. The number of amides is 3. The lowest BCUT2D eigenvalue weighted by molar-refractivity contribution is -0.142. The number of nitrogens with one attached hydrogen (secondary N) is 4. The Balaban J connectivity index is 2.30. The molecule has 0 bridgehead atoms. The zero-order chi connectivity index (χ0) is 29.7. The maximum absolute atomic E-state index is 13.5. The fourth-order valence-corrected chi connectivity index (χ4v) is 4.87. The summed E-state index contributed by atoms with van der Waals surface area (Å²) in [5.41, 5.74) is 13.3. The molecule has 4 atom stereocenters. The number of nitrogens with two attached hydrogens (primary N) is 2. The van der Waals surface area contributed by atoms with Crippen LogP contribution < -0.4 is 27.4 Å². The second-order valence-corrected chi connectivity index (χ2v) is 11.4. The minimum absolute atomic E-state index is 0.0283. The number of carboxylic acids is 1. The SMILES string of the molecule is CSCCC(N)C(=O)NC(CCCCN)C(=O)NC(Cc1c[nH]c2ccccc12)C(=O)NC(CC(C)C)C(=O)O. The lowest BCUT2D eigenvalue weighted by Crippen LogP contribution is -2.57. The Kier molecular flexibility index (Phi) is 14.0. The molecule has 11 nitrogen and oxygen atoms in total. The van der Waals surface area contributed by atoms with E-state index in [9.17, 15) is 24.3 Å². The Morgan fingerprint density at radius 3 is 2.25 bits per heavy atom. The Bertz CT molecular complexity index is 1120. The highest BCUT2D eigenvalue weighted by Gasteiger charge is 2.31. The lowest BCUT2D eigenvalue weighted by atomic mass is 10.0. The zero-order valence-electron chi connectivity index (χ0n) is 23.6. The number of para-hydroxylation sites is 1. The van der Waals surface area contributed by atoms with Crippen molar-refractivity contribution >= 4 is 46.4 Å². The van der Waals surface area contributed by atoms with Gasteiger partial charge in [-0.3, -0.25) is 14.4 Å². The van der Waals surface area contributed by atoms with Crippen LogP contribution >= 0.6 is 11.8 Å². The molecule has 3 amide bonds. The third-order valence-corrected chi connectivity index (χ3v) is 7.25. The van der Waals surface area contributed by atoms with Crippen molar-refractivity contribution in [2.45, 2.75) is 76.5 Å². The summed E-state index contributed by atoms with van der Waals surface area (Å²) in [5.74, 6) is -2.02. The number of aromatic nitrogens is 1. The Morgan fingerprint density at radius 1 is 0.950 bits per heavy atom. The first-order valence-corrected chi connectivity index (χ1v) is 15.1. The average molecular weight is 577 g/mol. The van der Waals surface area contributed by atoms with Crippen molar-refractivity contribution in [2.75, 3.05) is 18.6 Å². The molecule has 1 aromatic heterocycles. The van der Waals surface area contributed by atoms with E-state index in [0.29, 0.717) is 38.0 Å². The molecule has 222 valence electrons. The predicted molar refractivity (Wildman–Crippen MR) is 159 cm³/mol. The van der Waals surface area contributed by atoms with Gasteiger partial charge in [-0.15, -0.1) is 0 Å². The number of H-pyrrole nitrogens is 1. The highest BCUT2D eigenvalue weighted by Crippen LogP contribution is 2.19. The summed E-state index contributed by atoms with van der Waals surface area (Å²) >= 11 is 1.57. The van der Waals surface area contributed by atoms with E-state index in [2.05, 4.69) is 20.9 Å². The van der Waals surface area contributed by atoms with Crippen molar-refractivity contribution in [3.8, 4) is 0 Å². The van der Waals surface area contributed by atoms with E-state index in [-0.39, 0.29) is 18.8 Å². The molecule has 0 aliphatic heterocycles. The summed E-state index contributed by atoms with van der Waals surface area (Å²) in [6.07, 6.45) is 6.07. The van der Waals surface area contributed by atoms with Gasteiger partial charge in [-0.05, 0) is 68.2 Å². The first-order valence-electron chi connectivity index (χ1n) is 13.7. The van der Waals surface area contributed by atoms with Crippen LogP contribution in [0.25, 0.3) is 10.9 Å². The highest BCUT2D eigenvalue weighted by atomic mass is 32.2. The van der Waals surface area contributed by atoms with E-state index in [4.69, 9.17) is 11.5 Å². The number of aromatic amines is 1. The van der Waals surface area contributed by atoms with E-state index in [1.807, 2.05) is 44.4 Å². The second kappa shape index (κ2) is 16.9. The number of thioether (sulfide) groups is 1. The van der Waals surface area contributed by atoms with Gasteiger partial charge < -0.3 is 37.5 Å². The molecule has 0 spiro atoms. The molecule has 1 heterocycles. The van der Waals surface area contributed by atoms with Gasteiger partial charge >= 0.3 is 5.97 Å². The molecule has 0 aliphatic carbocycles. The molecule has 4 unspecified atom stereocenters. The van der Waals surface area contributed by atoms with Gasteiger partial charge in [0.25, 0.3) is 0 Å². The van der Waals surface area contributed by atoms with Crippen LogP contribution in [0, 0.1) is 5.92 Å². The Morgan fingerprint density at radius 2 is 1.60 bits per heavy atom. The number of aliphatic carboxylic acids is 1. The number of carbonyl (C=O) groups is 4. The van der Waals surface area contributed by atoms with Gasteiger partial charge in [-0.2, -0.15) is 11.8 Å². The zero-order valence-corrected chi connectivity index (χ0v) is 24.4. The van der Waals surface area contributed by atoms with E-state index in [0.717, 1.165) is 16.5 Å². The van der Waals surface area contributed by atoms with Crippen LogP contribution in [0.2, 0.25) is 0 Å². The molecule has 0 aliphatic rings. The van der Waals surface area contributed by atoms with Crippen LogP contribution in [0.4, 0.5) is 0 Å². The maximum atomic E-state index is 13.5. The molecule has 1 aromatic carbocycles. The van der Waals surface area contributed by atoms with Crippen LogP contribution in [0.3, 0.4) is 0 Å². The number of hydrogen-bond donors (Lipinski definition) is 7. The van der Waals surface area contributed by atoms with Gasteiger partial charge in [0, 0.05) is 23.5 Å². The van der Waals surface area contributed by atoms with Crippen molar-refractivity contribution in [3.05, 3.63) is 36.0 Å². The smallest absolute Gasteiger partial charge is 0.326 e. The lowest BCUT2D eigenvalue weighted by Gasteiger charge is -2.25. The molecule has 12 heteroatoms. The number of rotatable bonds is 18. The monoisotopic (exact) mass is 576 g/mol. The Labute approximate surface area is 240 Å². The summed E-state index contributed by atoms with van der Waals surface area (Å²) < 4.78 is 0. The van der Waals surface area contributed by atoms with Gasteiger partial charge in [-0.25, -0.2) is 4.79 Å². The largest absolute Gasteiger partial charge is 0.480 e. The standard InChI is InChI=1S/C28H44N6O5S/c1-17(2)14-24(28(38)39)34-27(37)23(15-18-16-31-21-9-5-4-8-19(18)21)33-26(36)22(10-6-7-12-29)32-25(35)20(30)11-13-40-3/h4-5,8-9,16-17,20,22-24,31H,6-7,10-15,29-30H2,1-3H3,(H,32,35)(H,33,36)(H,34,37)(H,38,39). The van der Waals surface area contributed by atoms with E-state index in [1.165, 1.54) is 0 Å². The van der Waals surface area contributed by atoms with Crippen molar-refractivity contribution in [2.24, 2.45) is 17.4 Å². The Hall–Kier alpha value is -3.09. The van der Waals surface area contributed by atoms with Crippen LogP contribution in [-0.4, -0.2) is 76.5 Å². The topological polar surface area (TPSA) is 192 Å². The average Bonchev–Trinajstić information content (AvgIpc) is 3.32. The normalized spacial score (nSPS) is 14.3. The summed E-state index contributed by atoms with van der Waals surface area (Å²) in [7, 11) is 0. The number of carbonyl (C=O) groups excluding carboxylic acids is 3. The van der Waals surface area contributed by atoms with E-state index >= 15 is 0 Å². The van der Waals surface area contributed by atoms with Gasteiger partial charge in [0.1, 0.15) is 18.1 Å². The highest BCUT2D eigenvalue weighted by molar-refractivity contribution is 7.98. The summed E-state index contributed by atoms with van der Waals surface area (Å²) in [5, 5.41) is 18.7. The number of hydrogen-bond acceptors (Lipinski definition) is 7. The van der Waals surface area contributed by atoms with Gasteiger partial charge in [0.05, 0.1) is 6.04 Å². The minimum Gasteiger partial charge on any atom is -0.480 e. The third-order valence-electron chi connectivity index (χ3n) is 6.60. The molecule has 0 saturated carbocycles. The maximum Gasteiger partial charge on any atom is 0.326 e. The van der Waals surface area contributed by atoms with Crippen LogP contribution in [0.5, 0.6) is 0 Å². The molecular weight excluding hydrogens is 532 g/mol. The molecule has 0 radical (unpaired) electrons. The first-order chi connectivity index (χ1) is 19.1. The summed E-state index contributed by atoms with van der Waals surface area (Å²) in [6.45, 7) is 4.17. The number of benzene rings is 1. The van der Waals surface area contributed by atoms with Crippen LogP contribution in [0.1, 0.15) is 51.5 Å². The van der Waals surface area contributed by atoms with E-state index < -0.39 is 47.9 Å². The third kappa shape index (κ3) is 10.5. The van der Waals surface area contributed by atoms with Crippen molar-refractivity contribution in [1.82, 2.24) is 20.9 Å². The molecule has 2 rings (SSSR count). The fourth-order valence-electron chi connectivity index (χ4n) is 4.38. The molecular formula is C28H44N6O5S. The molecule has 9 N–H and O–H groups in total. The fraction of sp³-hybridized carbons (Fsp3) is 0.571. The van der Waals surface area contributed by atoms with E-state index in [1.54, 1.807) is 18.0 Å². The van der Waals surface area contributed by atoms with Gasteiger partial charge in [-0.1, -0.05) is 32.0 Å². The second-order valence-electron chi connectivity index (χ2n) is 10.4. The summed E-state index contributed by atoms with van der Waals surface area (Å²) in [6, 6.07) is 3.68. The number of fused-ring (bicyclic) bond motifs is 1. The molecule has 40 heavy (non-hydrogen) atoms. The van der Waals surface area contributed by atoms with Crippen LogP contribution in [0.15, 0.2) is 30.5 Å². The van der Waals surface area contributed by atoms with Crippen molar-refractivity contribution in [3.63, 3.8) is 0 Å². The quantitative estimate of drug-likeness (QED) is 0.130. The molecule has 0 saturated heterocycles. The minimum atomic E-state index is -1.15. The number of carboxylic acid groups (broad SMARTS) is 1. The molecule has 0 fully saturated rings. The van der Waals surface area contributed by atoms with Crippen LogP contribution in [-0.2, 0) is 25.6 Å². The summed E-state index contributed by atoms with van der Waals surface area (Å²) in [4.78, 5) is 54.7. The van der Waals surface area contributed by atoms with Gasteiger partial charge in [0.2, 0.25) is 17.7 Å². The predicted octanol–water partition coefficient (Wildman–Crippen LogP) is 1.50. The van der Waals surface area contributed by atoms with Crippen molar-refractivity contribution < 1.29 is 24.3 Å². The first kappa shape index (κ1) is 33.1.